The molecule has 0 spiro atoms. The van der Waals surface area contributed by atoms with Gasteiger partial charge < -0.3 is 20.6 Å². The van der Waals surface area contributed by atoms with Crippen molar-refractivity contribution in [2.45, 2.75) is 22.1 Å². The molecule has 2 aromatic heterocycles. The van der Waals surface area contributed by atoms with Crippen LogP contribution in [0.25, 0.3) is 0 Å². The second-order valence-corrected chi connectivity index (χ2v) is 14.6. The quantitative estimate of drug-likeness (QED) is 0.0301. The number of carbonyl (C=O) groups is 4. The first-order chi connectivity index (χ1) is 26.3. The van der Waals surface area contributed by atoms with E-state index < -0.39 is 34.7 Å². The summed E-state index contributed by atoms with van der Waals surface area (Å²) in [5, 5.41) is 33.2. The fourth-order valence-corrected chi connectivity index (χ4v) is 9.31. The van der Waals surface area contributed by atoms with Gasteiger partial charge in [0.25, 0.3) is 11.8 Å². The van der Waals surface area contributed by atoms with E-state index in [-0.39, 0.29) is 33.8 Å². The summed E-state index contributed by atoms with van der Waals surface area (Å²) in [6.45, 7) is 0. The molecule has 3 amide bonds. The number of aliphatic carboxylic acids is 1. The summed E-state index contributed by atoms with van der Waals surface area (Å²) in [6, 6.07) is 28.9. The van der Waals surface area contributed by atoms with Crippen LogP contribution in [0, 0.1) is 0 Å². The first kappa shape index (κ1) is 36.3. The Morgan fingerprint density at radius 3 is 2.24 bits per heavy atom. The summed E-state index contributed by atoms with van der Waals surface area (Å²) >= 11 is 3.67. The van der Waals surface area contributed by atoms with E-state index in [9.17, 15) is 24.3 Å². The van der Waals surface area contributed by atoms with Gasteiger partial charge in [-0.15, -0.1) is 27.9 Å². The minimum atomic E-state index is -1.29. The number of carboxylic acid groups (broad SMARTS) is 1. The number of tetrazole rings is 1. The monoisotopic (exact) mass is 782 g/mol. The number of benzene rings is 3. The average molecular weight is 783 g/mol. The lowest BCUT2D eigenvalue weighted by Crippen LogP contribution is -2.71. The van der Waals surface area contributed by atoms with Gasteiger partial charge in [-0.2, -0.15) is 0 Å². The van der Waals surface area contributed by atoms with Crippen LogP contribution in [-0.2, 0) is 29.6 Å². The molecule has 1 fully saturated rings. The molecule has 54 heavy (non-hydrogen) atoms. The lowest BCUT2D eigenvalue weighted by atomic mass is 9.77. The molecule has 4 N–H and O–H groups in total. The van der Waals surface area contributed by atoms with Crippen LogP contribution in [0.1, 0.15) is 22.4 Å². The van der Waals surface area contributed by atoms with E-state index in [4.69, 9.17) is 9.82 Å². The van der Waals surface area contributed by atoms with Crippen molar-refractivity contribution >= 4 is 69.9 Å². The smallest absolute Gasteiger partial charge is 0.352 e. The molecule has 2 aliphatic rings. The molecule has 16 nitrogen and oxygen atoms in total. The number of amides is 3. The van der Waals surface area contributed by atoms with Gasteiger partial charge in [-0.1, -0.05) is 113 Å². The predicted octanol–water partition coefficient (Wildman–Crippen LogP) is 3.11. The van der Waals surface area contributed by atoms with Crippen LogP contribution >= 0.6 is 34.9 Å². The lowest BCUT2D eigenvalue weighted by Gasteiger charge is -2.49. The lowest BCUT2D eigenvalue weighted by molar-refractivity contribution is -0.150. The van der Waals surface area contributed by atoms with Gasteiger partial charge in [0.2, 0.25) is 11.6 Å². The van der Waals surface area contributed by atoms with E-state index >= 15 is 0 Å². The van der Waals surface area contributed by atoms with Crippen molar-refractivity contribution in [2.24, 2.45) is 5.16 Å². The van der Waals surface area contributed by atoms with Crippen LogP contribution in [-0.4, -0.2) is 95.2 Å². The number of fused-ring (bicyclic) bond motifs is 1. The molecule has 274 valence electrons. The molecule has 1 saturated heterocycles. The number of carbonyl (C=O) groups excluding carboxylic acids is 3. The number of aromatic nitrogens is 5. The Balaban J connectivity index is 1.12. The van der Waals surface area contributed by atoms with Gasteiger partial charge in [0, 0.05) is 16.9 Å². The largest absolute Gasteiger partial charge is 0.477 e. The summed E-state index contributed by atoms with van der Waals surface area (Å²) in [6.07, 6.45) is 0.401. The van der Waals surface area contributed by atoms with Crippen molar-refractivity contribution in [2.75, 3.05) is 29.4 Å². The van der Waals surface area contributed by atoms with Gasteiger partial charge in [-0.05, 0) is 32.7 Å². The summed E-state index contributed by atoms with van der Waals surface area (Å²) in [7, 11) is 1.30. The maximum absolute atomic E-state index is 13.8. The number of nitrogens with zero attached hydrogens (tertiary/aromatic N) is 7. The second-order valence-electron chi connectivity index (χ2n) is 11.7. The number of hydrogen-bond acceptors (Lipinski definition) is 14. The van der Waals surface area contributed by atoms with E-state index in [0.717, 1.165) is 33.2 Å². The molecule has 3 aromatic carbocycles. The minimum Gasteiger partial charge on any atom is -0.477 e. The first-order valence-corrected chi connectivity index (χ1v) is 19.1. The highest BCUT2D eigenvalue weighted by Crippen LogP contribution is 2.42. The molecule has 2 atom stereocenters. The number of rotatable bonds is 15. The zero-order valence-electron chi connectivity index (χ0n) is 28.2. The van der Waals surface area contributed by atoms with Gasteiger partial charge >= 0.3 is 5.97 Å². The Morgan fingerprint density at radius 1 is 1.04 bits per heavy atom. The molecule has 5 aromatic rings. The number of thiazole rings is 1. The van der Waals surface area contributed by atoms with Crippen molar-refractivity contribution in [3.63, 3.8) is 0 Å². The molecule has 7 rings (SSSR count). The molecule has 0 saturated carbocycles. The number of hydrogen-bond donors (Lipinski definition) is 4. The van der Waals surface area contributed by atoms with Crippen LogP contribution in [0.2, 0.25) is 0 Å². The normalized spacial score (nSPS) is 16.9. The third-order valence-corrected chi connectivity index (χ3v) is 11.7. The third kappa shape index (κ3) is 6.91. The molecule has 4 heterocycles. The van der Waals surface area contributed by atoms with Crippen LogP contribution in [0.5, 0.6) is 0 Å². The number of oxime groups is 1. The number of carboxylic acids is 1. The molecular formula is C35H30N10O6S3. The summed E-state index contributed by atoms with van der Waals surface area (Å²) in [5.41, 5.74) is 4.66. The zero-order valence-corrected chi connectivity index (χ0v) is 30.7. The van der Waals surface area contributed by atoms with Crippen molar-refractivity contribution in [3.05, 3.63) is 130 Å². The van der Waals surface area contributed by atoms with Crippen molar-refractivity contribution in [1.82, 2.24) is 35.5 Å². The SMILES string of the molecule is CO/N=C(/C(=O)N[C@@H]1C(=O)N2C(C(=O)O)=C(CSc3nnnn3NC=O)CS[C@H]12)c1csc(NC(c2ccccc2)(c2ccccc2)c2ccccc2)n1. The van der Waals surface area contributed by atoms with Crippen LogP contribution in [0.3, 0.4) is 0 Å². The first-order valence-electron chi connectivity index (χ1n) is 16.2. The van der Waals surface area contributed by atoms with E-state index in [1.54, 1.807) is 5.38 Å². The van der Waals surface area contributed by atoms with Crippen molar-refractivity contribution in [1.29, 1.82) is 0 Å². The second kappa shape index (κ2) is 15.9. The van der Waals surface area contributed by atoms with E-state index in [2.05, 4.69) is 36.7 Å². The van der Waals surface area contributed by atoms with Crippen LogP contribution in [0.4, 0.5) is 5.13 Å². The van der Waals surface area contributed by atoms with E-state index in [1.807, 2.05) is 91.0 Å². The maximum atomic E-state index is 13.8. The highest BCUT2D eigenvalue weighted by molar-refractivity contribution is 8.01. The highest BCUT2D eigenvalue weighted by atomic mass is 32.2. The Morgan fingerprint density at radius 2 is 1.67 bits per heavy atom. The van der Waals surface area contributed by atoms with Gasteiger partial charge in [0.05, 0.1) is 0 Å². The zero-order chi connectivity index (χ0) is 37.7. The summed E-state index contributed by atoms with van der Waals surface area (Å²) in [5.74, 6) is -2.22. The molecular weight excluding hydrogens is 753 g/mol. The van der Waals surface area contributed by atoms with E-state index in [0.29, 0.717) is 17.1 Å². The van der Waals surface area contributed by atoms with Crippen molar-refractivity contribution in [3.8, 4) is 0 Å². The number of thioether (sulfide) groups is 2. The third-order valence-electron chi connectivity index (χ3n) is 8.59. The molecule has 0 unspecified atom stereocenters. The predicted molar refractivity (Wildman–Crippen MR) is 202 cm³/mol. The molecule has 2 aliphatic heterocycles. The molecule has 0 aliphatic carbocycles. The minimum absolute atomic E-state index is 0.133. The Hall–Kier alpha value is -6.05. The summed E-state index contributed by atoms with van der Waals surface area (Å²) < 4.78 is 0. The van der Waals surface area contributed by atoms with E-state index in [1.165, 1.54) is 35.1 Å². The molecule has 0 bridgehead atoms. The Bertz CT molecular complexity index is 2140. The maximum Gasteiger partial charge on any atom is 0.352 e. The Labute approximate surface area is 320 Å². The number of nitrogens with one attached hydrogen (secondary N) is 3. The van der Waals surface area contributed by atoms with Crippen LogP contribution in [0.15, 0.2) is 118 Å². The standard InChI is InChI=1S/C35H30N10O6S3/c1-51-41-26(29(47)38-27-30(48)44-28(32(49)50)21(17-52-31(27)44)18-54-34-40-42-43-45(34)36-20-46)25-19-53-33(37-25)39-35(22-11-5-2-6-12-22,23-13-7-3-8-14-23)24-15-9-4-10-16-24/h2-16,19-20,27,31H,17-18H2,1H3,(H,36,46)(H,37,39)(H,38,47)(H,49,50)/b41-26+/t27-,31-/m1/s1. The van der Waals surface area contributed by atoms with Gasteiger partial charge in [0.15, 0.2) is 10.8 Å². The van der Waals surface area contributed by atoms with Gasteiger partial charge in [-0.3, -0.25) is 19.3 Å². The van der Waals surface area contributed by atoms with Crippen molar-refractivity contribution < 1.29 is 29.1 Å². The summed E-state index contributed by atoms with van der Waals surface area (Å²) in [4.78, 5) is 62.5. The van der Waals surface area contributed by atoms with Gasteiger partial charge in [0.1, 0.15) is 35.5 Å². The molecule has 0 radical (unpaired) electrons. The molecule has 19 heteroatoms. The number of β-lactam (4-membered cyclic amide) rings is 1. The fraction of sp³-hybridized carbons (Fsp3) is 0.171. The average Bonchev–Trinajstić information content (AvgIpc) is 3.87. The Kier molecular flexibility index (Phi) is 10.7. The van der Waals surface area contributed by atoms with Gasteiger partial charge in [-0.25, -0.2) is 15.2 Å². The fourth-order valence-electron chi connectivity index (χ4n) is 6.23. The van der Waals surface area contributed by atoms with Crippen LogP contribution < -0.4 is 16.1 Å². The highest BCUT2D eigenvalue weighted by Gasteiger charge is 2.54. The number of anilines is 1. The topological polar surface area (TPSA) is 206 Å².